The van der Waals surface area contributed by atoms with Gasteiger partial charge in [0.05, 0.1) is 12.2 Å². The van der Waals surface area contributed by atoms with Gasteiger partial charge in [-0.15, -0.1) is 11.6 Å². The average Bonchev–Trinajstić information content (AvgIpc) is 2.78. The fraction of sp³-hybridized carbons (Fsp3) is 0.333. The number of aryl methyl sites for hydroxylation is 2. The van der Waals surface area contributed by atoms with Gasteiger partial charge in [-0.2, -0.15) is 0 Å². The number of nitrogens with zero attached hydrogens (tertiary/aromatic N) is 2. The summed E-state index contributed by atoms with van der Waals surface area (Å²) >= 11 is 5.79. The molecular weight excluding hydrogens is 276 g/mol. The number of carbonyl (C=O) groups excluding carboxylic acids is 1. The van der Waals surface area contributed by atoms with Crippen LogP contribution in [0.25, 0.3) is 0 Å². The standard InChI is InChI=1S/C15H17ClN2O2/c1-10-14(11(2)20-17-10)9-18(3)15(19)13-6-4-5-12(7-13)8-16/h4-7H,8-9H2,1-3H3. The molecule has 1 amide bonds. The molecule has 0 spiro atoms. The van der Waals surface area contributed by atoms with E-state index >= 15 is 0 Å². The van der Waals surface area contributed by atoms with Gasteiger partial charge in [-0.1, -0.05) is 17.3 Å². The van der Waals surface area contributed by atoms with Gasteiger partial charge in [-0.05, 0) is 31.5 Å². The summed E-state index contributed by atoms with van der Waals surface area (Å²) in [5, 5.41) is 3.90. The largest absolute Gasteiger partial charge is 0.361 e. The van der Waals surface area contributed by atoms with Gasteiger partial charge in [0, 0.05) is 24.1 Å². The van der Waals surface area contributed by atoms with Crippen molar-refractivity contribution in [3.8, 4) is 0 Å². The molecule has 106 valence electrons. The molecule has 1 aromatic carbocycles. The molecular formula is C15H17ClN2O2. The summed E-state index contributed by atoms with van der Waals surface area (Å²) < 4.78 is 5.11. The van der Waals surface area contributed by atoms with Crippen LogP contribution >= 0.6 is 11.6 Å². The maximum atomic E-state index is 12.4. The minimum absolute atomic E-state index is 0.0445. The van der Waals surface area contributed by atoms with Crippen LogP contribution < -0.4 is 0 Å². The third-order valence-electron chi connectivity index (χ3n) is 3.25. The molecule has 0 atom stereocenters. The third-order valence-corrected chi connectivity index (χ3v) is 3.56. The van der Waals surface area contributed by atoms with E-state index in [0.29, 0.717) is 18.0 Å². The van der Waals surface area contributed by atoms with Crippen molar-refractivity contribution in [3.63, 3.8) is 0 Å². The molecule has 0 N–H and O–H groups in total. The van der Waals surface area contributed by atoms with Gasteiger partial charge in [0.25, 0.3) is 5.91 Å². The maximum Gasteiger partial charge on any atom is 0.253 e. The normalized spacial score (nSPS) is 10.6. The second-order valence-electron chi connectivity index (χ2n) is 4.80. The lowest BCUT2D eigenvalue weighted by Gasteiger charge is -2.17. The van der Waals surface area contributed by atoms with Gasteiger partial charge in [0.1, 0.15) is 5.76 Å². The van der Waals surface area contributed by atoms with Gasteiger partial charge in [-0.3, -0.25) is 4.79 Å². The lowest BCUT2D eigenvalue weighted by Crippen LogP contribution is -2.26. The van der Waals surface area contributed by atoms with Gasteiger partial charge in [0.15, 0.2) is 0 Å². The van der Waals surface area contributed by atoms with E-state index in [-0.39, 0.29) is 5.91 Å². The molecule has 0 bridgehead atoms. The van der Waals surface area contributed by atoms with E-state index in [2.05, 4.69) is 5.16 Å². The van der Waals surface area contributed by atoms with Crippen molar-refractivity contribution in [3.05, 3.63) is 52.4 Å². The fourth-order valence-electron chi connectivity index (χ4n) is 2.04. The van der Waals surface area contributed by atoms with E-state index < -0.39 is 0 Å². The van der Waals surface area contributed by atoms with Crippen molar-refractivity contribution in [1.82, 2.24) is 10.1 Å². The molecule has 0 unspecified atom stereocenters. The Morgan fingerprint density at radius 1 is 1.40 bits per heavy atom. The van der Waals surface area contributed by atoms with E-state index in [9.17, 15) is 4.79 Å². The molecule has 0 aliphatic rings. The van der Waals surface area contributed by atoms with Crippen LogP contribution in [0.2, 0.25) is 0 Å². The van der Waals surface area contributed by atoms with E-state index in [1.54, 1.807) is 18.0 Å². The fourth-order valence-corrected chi connectivity index (χ4v) is 2.21. The Hall–Kier alpha value is -1.81. The first-order valence-corrected chi connectivity index (χ1v) is 6.88. The number of hydrogen-bond donors (Lipinski definition) is 0. The summed E-state index contributed by atoms with van der Waals surface area (Å²) in [5.41, 5.74) is 3.34. The van der Waals surface area contributed by atoms with Crippen LogP contribution in [0, 0.1) is 13.8 Å². The predicted molar refractivity (Wildman–Crippen MR) is 77.8 cm³/mol. The van der Waals surface area contributed by atoms with Crippen LogP contribution in [-0.2, 0) is 12.4 Å². The molecule has 1 heterocycles. The molecule has 20 heavy (non-hydrogen) atoms. The van der Waals surface area contributed by atoms with Crippen molar-refractivity contribution in [2.45, 2.75) is 26.3 Å². The summed E-state index contributed by atoms with van der Waals surface area (Å²) in [7, 11) is 1.77. The van der Waals surface area contributed by atoms with Crippen LogP contribution in [0.4, 0.5) is 0 Å². The lowest BCUT2D eigenvalue weighted by atomic mass is 10.1. The topological polar surface area (TPSA) is 46.3 Å². The molecule has 0 aliphatic carbocycles. The smallest absolute Gasteiger partial charge is 0.253 e. The summed E-state index contributed by atoms with van der Waals surface area (Å²) in [6, 6.07) is 7.36. The Morgan fingerprint density at radius 2 is 2.15 bits per heavy atom. The van der Waals surface area contributed by atoms with E-state index in [1.165, 1.54) is 0 Å². The molecule has 0 radical (unpaired) electrons. The highest BCUT2D eigenvalue weighted by Gasteiger charge is 2.16. The quantitative estimate of drug-likeness (QED) is 0.812. The molecule has 0 saturated carbocycles. The zero-order valence-electron chi connectivity index (χ0n) is 11.8. The number of rotatable bonds is 4. The number of halogens is 1. The van der Waals surface area contributed by atoms with E-state index in [1.807, 2.05) is 32.0 Å². The number of carbonyl (C=O) groups is 1. The Labute approximate surface area is 123 Å². The van der Waals surface area contributed by atoms with Crippen molar-refractivity contribution in [2.24, 2.45) is 0 Å². The SMILES string of the molecule is Cc1noc(C)c1CN(C)C(=O)c1cccc(CCl)c1. The van der Waals surface area contributed by atoms with Gasteiger partial charge in [-0.25, -0.2) is 0 Å². The second-order valence-corrected chi connectivity index (χ2v) is 5.07. The Bertz CT molecular complexity index is 603. The summed E-state index contributed by atoms with van der Waals surface area (Å²) in [6.07, 6.45) is 0. The summed E-state index contributed by atoms with van der Waals surface area (Å²) in [5.74, 6) is 1.10. The molecule has 2 aromatic rings. The number of alkyl halides is 1. The summed E-state index contributed by atoms with van der Waals surface area (Å²) in [6.45, 7) is 4.20. The van der Waals surface area contributed by atoms with Crippen molar-refractivity contribution < 1.29 is 9.32 Å². The number of benzene rings is 1. The average molecular weight is 293 g/mol. The minimum atomic E-state index is -0.0445. The van der Waals surface area contributed by atoms with E-state index in [0.717, 1.165) is 22.6 Å². The van der Waals surface area contributed by atoms with Gasteiger partial charge >= 0.3 is 0 Å². The molecule has 4 nitrogen and oxygen atoms in total. The third kappa shape index (κ3) is 3.02. The van der Waals surface area contributed by atoms with Gasteiger partial charge < -0.3 is 9.42 Å². The monoisotopic (exact) mass is 292 g/mol. The Balaban J connectivity index is 2.16. The Morgan fingerprint density at radius 3 is 2.75 bits per heavy atom. The Kier molecular flexibility index (Phi) is 4.45. The first-order valence-electron chi connectivity index (χ1n) is 6.35. The minimum Gasteiger partial charge on any atom is -0.361 e. The highest BCUT2D eigenvalue weighted by Crippen LogP contribution is 2.16. The van der Waals surface area contributed by atoms with Crippen LogP contribution in [0.3, 0.4) is 0 Å². The summed E-state index contributed by atoms with van der Waals surface area (Å²) in [4.78, 5) is 14.0. The van der Waals surface area contributed by atoms with Crippen molar-refractivity contribution >= 4 is 17.5 Å². The zero-order valence-corrected chi connectivity index (χ0v) is 12.6. The highest BCUT2D eigenvalue weighted by atomic mass is 35.5. The first kappa shape index (κ1) is 14.6. The van der Waals surface area contributed by atoms with E-state index in [4.69, 9.17) is 16.1 Å². The van der Waals surface area contributed by atoms with Crippen molar-refractivity contribution in [1.29, 1.82) is 0 Å². The molecule has 2 rings (SSSR count). The highest BCUT2D eigenvalue weighted by molar-refractivity contribution is 6.17. The number of aromatic nitrogens is 1. The first-order chi connectivity index (χ1) is 9.52. The molecule has 0 saturated heterocycles. The molecule has 0 fully saturated rings. The predicted octanol–water partition coefficient (Wildman–Crippen LogP) is 3.30. The van der Waals surface area contributed by atoms with Crippen molar-refractivity contribution in [2.75, 3.05) is 7.05 Å². The second kappa shape index (κ2) is 6.09. The molecule has 1 aromatic heterocycles. The molecule has 5 heteroatoms. The van der Waals surface area contributed by atoms with Crippen LogP contribution in [0.15, 0.2) is 28.8 Å². The molecule has 0 aliphatic heterocycles. The van der Waals surface area contributed by atoms with Crippen LogP contribution in [0.5, 0.6) is 0 Å². The van der Waals surface area contributed by atoms with Crippen LogP contribution in [0.1, 0.15) is 32.9 Å². The number of hydrogen-bond acceptors (Lipinski definition) is 3. The van der Waals surface area contributed by atoms with Gasteiger partial charge in [0.2, 0.25) is 0 Å². The number of amides is 1. The maximum absolute atomic E-state index is 12.4. The zero-order chi connectivity index (χ0) is 14.7. The van der Waals surface area contributed by atoms with Crippen LogP contribution in [-0.4, -0.2) is 23.0 Å². The lowest BCUT2D eigenvalue weighted by molar-refractivity contribution is 0.0784.